The molecule has 0 aromatic rings. The normalized spacial score (nSPS) is 7.80. The number of hydrogen-bond acceptors (Lipinski definition) is 1. The number of terminal acetylenes is 1. The van der Waals surface area contributed by atoms with E-state index in [1.165, 1.54) is 0 Å². The molecule has 1 nitrogen and oxygen atoms in total. The predicted molar refractivity (Wildman–Crippen MR) is 23.1 cm³/mol. The molecule has 0 atom stereocenters. The Bertz CT molecular complexity index is 69.5. The average molecular weight is 62.9 g/mol. The van der Waals surface area contributed by atoms with Crippen LogP contribution in [0, 0.1) is 12.5 Å². The first-order valence-electron chi connectivity index (χ1n) is 1.10. The molecule has 2 heteroatoms. The van der Waals surface area contributed by atoms with Crippen molar-refractivity contribution in [2.45, 2.75) is 0 Å². The summed E-state index contributed by atoms with van der Waals surface area (Å²) in [4.78, 5) is 3.15. The molecule has 2 radical (unpaired) electrons. The van der Waals surface area contributed by atoms with Gasteiger partial charge >= 0.3 is 0 Å². The molecule has 0 aromatic heterocycles. The maximum Gasteiger partial charge on any atom is 0.131 e. The summed E-state index contributed by atoms with van der Waals surface area (Å²) in [6, 6.07) is 1.96. The van der Waals surface area contributed by atoms with Crippen LogP contribution in [0.1, 0.15) is 0 Å². The van der Waals surface area contributed by atoms with Gasteiger partial charge in [0.25, 0.3) is 0 Å². The van der Waals surface area contributed by atoms with E-state index >= 15 is 0 Å². The topological polar surface area (TPSA) is 12.4 Å². The molecular formula is C3H2BN. The van der Waals surface area contributed by atoms with E-state index in [2.05, 4.69) is 11.4 Å². The highest BCUT2D eigenvalue weighted by Crippen LogP contribution is 1.44. The third-order valence-corrected chi connectivity index (χ3v) is 0.149. The lowest BCUT2D eigenvalue weighted by Crippen LogP contribution is -1.59. The Morgan fingerprint density at radius 1 is 2.00 bits per heavy atom. The van der Waals surface area contributed by atoms with Gasteiger partial charge in [0, 0.05) is 6.04 Å². The van der Waals surface area contributed by atoms with Crippen LogP contribution < -0.4 is 0 Å². The molecule has 0 aliphatic heterocycles. The highest BCUT2D eigenvalue weighted by atomic mass is 14.6. The second-order valence-corrected chi connectivity index (χ2v) is 0.407. The number of nitrogens with zero attached hydrogens (tertiary/aromatic N) is 1. The summed E-state index contributed by atoms with van der Waals surface area (Å²) in [5, 5.41) is 0. The summed E-state index contributed by atoms with van der Waals surface area (Å²) in [5.74, 6) is 0. The maximum atomic E-state index is 4.70. The third-order valence-electron chi connectivity index (χ3n) is 0.149. The second kappa shape index (κ2) is 3.29. The predicted octanol–water partition coefficient (Wildman–Crippen LogP) is -0.226. The Labute approximate surface area is 32.5 Å². The molecule has 22 valence electrons. The molecule has 0 unspecified atom stereocenters. The van der Waals surface area contributed by atoms with E-state index in [1.807, 2.05) is 6.04 Å². The summed E-state index contributed by atoms with van der Waals surface area (Å²) in [6.45, 7) is 0. The Hall–Kier alpha value is -0.705. The van der Waals surface area contributed by atoms with Gasteiger partial charge in [0.1, 0.15) is 7.85 Å². The summed E-state index contributed by atoms with van der Waals surface area (Å²) in [5.41, 5.74) is 0. The minimum Gasteiger partial charge on any atom is -0.222 e. The molecule has 0 amide bonds. The van der Waals surface area contributed by atoms with Crippen LogP contribution >= 0.6 is 0 Å². The molecular weight excluding hydrogens is 60.9 g/mol. The summed E-state index contributed by atoms with van der Waals surface area (Å²) < 4.78 is 0. The van der Waals surface area contributed by atoms with Crippen LogP contribution in [0.4, 0.5) is 0 Å². The SMILES string of the molecule is [B]C=NC#C. The first kappa shape index (κ1) is 4.29. The van der Waals surface area contributed by atoms with Gasteiger partial charge in [-0.25, -0.2) is 4.99 Å². The molecule has 0 rings (SSSR count). The fourth-order valence-electron chi connectivity index (χ4n) is 0.0430. The van der Waals surface area contributed by atoms with Gasteiger partial charge in [-0.15, -0.1) is 0 Å². The molecule has 0 bridgehead atoms. The maximum absolute atomic E-state index is 4.70. The van der Waals surface area contributed by atoms with E-state index in [9.17, 15) is 0 Å². The monoisotopic (exact) mass is 63.0 g/mol. The lowest BCUT2D eigenvalue weighted by atomic mass is 10.2. The minimum atomic E-state index is 1.07. The third kappa shape index (κ3) is 3.29. The summed E-state index contributed by atoms with van der Waals surface area (Å²) >= 11 is 0. The Morgan fingerprint density at radius 2 is 2.60 bits per heavy atom. The molecule has 0 aliphatic carbocycles. The molecule has 0 N–H and O–H groups in total. The Balaban J connectivity index is 3.04. The molecule has 5 heavy (non-hydrogen) atoms. The average Bonchev–Trinajstić information content (AvgIpc) is 1.41. The van der Waals surface area contributed by atoms with E-state index in [4.69, 9.17) is 7.85 Å². The number of hydrogen-bond donors (Lipinski definition) is 0. The quantitative estimate of drug-likeness (QED) is 0.209. The molecule has 0 saturated heterocycles. The van der Waals surface area contributed by atoms with Crippen LogP contribution in [0.25, 0.3) is 0 Å². The molecule has 0 aromatic carbocycles. The minimum absolute atomic E-state index is 1.07. The van der Waals surface area contributed by atoms with Gasteiger partial charge in [-0.3, -0.25) is 0 Å². The highest BCUT2D eigenvalue weighted by molar-refractivity contribution is 6.49. The van der Waals surface area contributed by atoms with Crippen LogP contribution in [-0.4, -0.2) is 14.0 Å². The van der Waals surface area contributed by atoms with Crippen molar-refractivity contribution in [3.63, 3.8) is 0 Å². The molecule has 0 saturated carbocycles. The largest absolute Gasteiger partial charge is 0.222 e. The van der Waals surface area contributed by atoms with Gasteiger partial charge in [0.05, 0.1) is 0 Å². The fraction of sp³-hybridized carbons (Fsp3) is 0. The lowest BCUT2D eigenvalue weighted by Gasteiger charge is -1.53. The molecule has 0 fully saturated rings. The fourth-order valence-corrected chi connectivity index (χ4v) is 0.0430. The van der Waals surface area contributed by atoms with E-state index in [-0.39, 0.29) is 0 Å². The van der Waals surface area contributed by atoms with Crippen molar-refractivity contribution in [1.29, 1.82) is 0 Å². The van der Waals surface area contributed by atoms with Crippen molar-refractivity contribution in [2.24, 2.45) is 4.99 Å². The van der Waals surface area contributed by atoms with E-state index in [0.717, 1.165) is 6.11 Å². The summed E-state index contributed by atoms with van der Waals surface area (Å²) in [7, 11) is 4.70. The van der Waals surface area contributed by atoms with Crippen LogP contribution in [0.5, 0.6) is 0 Å². The Kier molecular flexibility index (Phi) is 2.83. The van der Waals surface area contributed by atoms with Crippen LogP contribution in [0.2, 0.25) is 0 Å². The smallest absolute Gasteiger partial charge is 0.131 e. The lowest BCUT2D eigenvalue weighted by molar-refractivity contribution is 1.76. The van der Waals surface area contributed by atoms with Crippen molar-refractivity contribution >= 4 is 14.0 Å². The molecule has 0 spiro atoms. The molecule has 0 heterocycles. The van der Waals surface area contributed by atoms with E-state index in [1.54, 1.807) is 0 Å². The van der Waals surface area contributed by atoms with Crippen molar-refractivity contribution in [3.05, 3.63) is 0 Å². The van der Waals surface area contributed by atoms with Gasteiger partial charge in [0.15, 0.2) is 0 Å². The van der Waals surface area contributed by atoms with Gasteiger partial charge in [-0.1, -0.05) is 6.42 Å². The first-order valence-corrected chi connectivity index (χ1v) is 1.10. The van der Waals surface area contributed by atoms with Crippen LogP contribution in [0.15, 0.2) is 4.99 Å². The van der Waals surface area contributed by atoms with Gasteiger partial charge < -0.3 is 0 Å². The van der Waals surface area contributed by atoms with Crippen LogP contribution in [0.3, 0.4) is 0 Å². The van der Waals surface area contributed by atoms with Crippen molar-refractivity contribution in [2.75, 3.05) is 0 Å². The number of aliphatic imine (C=N–C) groups is 1. The van der Waals surface area contributed by atoms with Gasteiger partial charge in [-0.05, 0) is 6.11 Å². The molecule has 0 aliphatic rings. The Morgan fingerprint density at radius 3 is 2.60 bits per heavy atom. The first-order chi connectivity index (χ1) is 2.41. The van der Waals surface area contributed by atoms with Gasteiger partial charge in [-0.2, -0.15) is 0 Å². The zero-order valence-corrected chi connectivity index (χ0v) is 2.68. The van der Waals surface area contributed by atoms with Crippen molar-refractivity contribution in [3.8, 4) is 12.5 Å². The number of rotatable bonds is 0. The zero-order valence-electron chi connectivity index (χ0n) is 2.68. The highest BCUT2D eigenvalue weighted by Gasteiger charge is 1.41. The van der Waals surface area contributed by atoms with E-state index in [0.29, 0.717) is 0 Å². The van der Waals surface area contributed by atoms with Crippen molar-refractivity contribution < 1.29 is 0 Å². The summed E-state index contributed by atoms with van der Waals surface area (Å²) in [6.07, 6.45) is 5.68. The van der Waals surface area contributed by atoms with E-state index < -0.39 is 0 Å². The van der Waals surface area contributed by atoms with Gasteiger partial charge in [0.2, 0.25) is 0 Å². The van der Waals surface area contributed by atoms with Crippen LogP contribution in [-0.2, 0) is 0 Å². The van der Waals surface area contributed by atoms with Crippen molar-refractivity contribution in [1.82, 2.24) is 0 Å². The standard InChI is InChI=1S/C3H2BN/c1-2-5-3-4/h1,3H. The zero-order chi connectivity index (χ0) is 4.12. The second-order valence-electron chi connectivity index (χ2n) is 0.407.